The Bertz CT molecular complexity index is 1280. The van der Waals surface area contributed by atoms with Crippen LogP contribution in [0.4, 0.5) is 10.5 Å². The average molecular weight is 496 g/mol. The molecule has 0 radical (unpaired) electrons. The van der Waals surface area contributed by atoms with Crippen LogP contribution in [0.25, 0.3) is 20.8 Å². The molecule has 8 nitrogen and oxygen atoms in total. The van der Waals surface area contributed by atoms with E-state index in [0.29, 0.717) is 40.4 Å². The first-order chi connectivity index (χ1) is 16.5. The molecular weight excluding hydrogens is 474 g/mol. The Hall–Kier alpha value is -3.76. The van der Waals surface area contributed by atoms with Crippen molar-refractivity contribution in [1.82, 2.24) is 9.71 Å². The number of nitrogens with one attached hydrogen (secondary N) is 2. The number of thiazole rings is 1. The normalized spacial score (nSPS) is 10.6. The smallest absolute Gasteiger partial charge is 0.329 e. The van der Waals surface area contributed by atoms with Gasteiger partial charge in [0.15, 0.2) is 11.5 Å². The fourth-order valence-electron chi connectivity index (χ4n) is 3.20. The quantitative estimate of drug-likeness (QED) is 0.336. The summed E-state index contributed by atoms with van der Waals surface area (Å²) in [5.41, 5.74) is 2.79. The number of aromatic nitrogens is 1. The molecule has 3 aromatic carbocycles. The van der Waals surface area contributed by atoms with Gasteiger partial charge >= 0.3 is 6.03 Å². The SMILES string of the molecule is COc1cc(C(=O)SNC(=O)Nc2ccc(-c3nc4ccccc4s3)cc2)cc(OC)c1OC. The van der Waals surface area contributed by atoms with Gasteiger partial charge in [-0.15, -0.1) is 11.3 Å². The van der Waals surface area contributed by atoms with E-state index in [4.69, 9.17) is 14.2 Å². The summed E-state index contributed by atoms with van der Waals surface area (Å²) in [4.78, 5) is 29.5. The number of anilines is 1. The van der Waals surface area contributed by atoms with Gasteiger partial charge in [-0.05, 0) is 48.5 Å². The number of benzene rings is 3. The molecule has 1 aromatic heterocycles. The zero-order valence-corrected chi connectivity index (χ0v) is 20.2. The molecule has 0 fully saturated rings. The first-order valence-electron chi connectivity index (χ1n) is 10.1. The minimum absolute atomic E-state index is 0.292. The second-order valence-electron chi connectivity index (χ2n) is 6.92. The lowest BCUT2D eigenvalue weighted by Crippen LogP contribution is -2.24. The highest BCUT2D eigenvalue weighted by atomic mass is 32.2. The molecular formula is C24H21N3O5S2. The van der Waals surface area contributed by atoms with Gasteiger partial charge in [0.1, 0.15) is 5.01 Å². The third kappa shape index (κ3) is 5.08. The van der Waals surface area contributed by atoms with Crippen molar-refractivity contribution < 1.29 is 23.8 Å². The Kier molecular flexibility index (Phi) is 7.19. The van der Waals surface area contributed by atoms with Crippen LogP contribution in [0.5, 0.6) is 17.2 Å². The van der Waals surface area contributed by atoms with Crippen molar-refractivity contribution in [3.05, 3.63) is 66.2 Å². The number of rotatable bonds is 6. The number of carbonyl (C=O) groups is 2. The minimum Gasteiger partial charge on any atom is -0.493 e. The summed E-state index contributed by atoms with van der Waals surface area (Å²) in [5.74, 6) is 1.08. The summed E-state index contributed by atoms with van der Waals surface area (Å²) >= 11 is 2.26. The maximum absolute atomic E-state index is 12.6. The second-order valence-corrected chi connectivity index (χ2v) is 8.73. The molecule has 2 amide bonds. The van der Waals surface area contributed by atoms with Crippen LogP contribution in [0.15, 0.2) is 60.7 Å². The molecule has 2 N–H and O–H groups in total. The highest BCUT2D eigenvalue weighted by Gasteiger charge is 2.18. The van der Waals surface area contributed by atoms with Crippen LogP contribution in [0, 0.1) is 0 Å². The molecule has 0 atom stereocenters. The van der Waals surface area contributed by atoms with E-state index < -0.39 is 6.03 Å². The van der Waals surface area contributed by atoms with Gasteiger partial charge in [-0.2, -0.15) is 0 Å². The summed E-state index contributed by atoms with van der Waals surface area (Å²) in [5, 5.41) is 3.23. The predicted molar refractivity (Wildman–Crippen MR) is 135 cm³/mol. The van der Waals surface area contributed by atoms with E-state index in [-0.39, 0.29) is 5.12 Å². The average Bonchev–Trinajstić information content (AvgIpc) is 3.31. The summed E-state index contributed by atoms with van der Waals surface area (Å²) in [6, 6.07) is 17.8. The lowest BCUT2D eigenvalue weighted by atomic mass is 10.2. The molecule has 1 heterocycles. The van der Waals surface area contributed by atoms with E-state index >= 15 is 0 Å². The van der Waals surface area contributed by atoms with Crippen LogP contribution < -0.4 is 24.2 Å². The summed E-state index contributed by atoms with van der Waals surface area (Å²) in [6.07, 6.45) is 0. The maximum Gasteiger partial charge on any atom is 0.329 e. The predicted octanol–water partition coefficient (Wildman–Crippen LogP) is 5.60. The van der Waals surface area contributed by atoms with Crippen LogP contribution in [-0.4, -0.2) is 37.5 Å². The van der Waals surface area contributed by atoms with Crippen molar-refractivity contribution >= 4 is 50.3 Å². The van der Waals surface area contributed by atoms with Crippen molar-refractivity contribution in [1.29, 1.82) is 0 Å². The molecule has 0 saturated heterocycles. The minimum atomic E-state index is -0.529. The van der Waals surface area contributed by atoms with Crippen molar-refractivity contribution in [2.45, 2.75) is 0 Å². The standard InChI is InChI=1S/C24H21N3O5S2/c1-30-18-12-15(13-19(31-2)21(18)32-3)23(28)34-27-24(29)25-16-10-8-14(9-11-16)22-26-17-6-4-5-7-20(17)33-22/h4-13H,1-3H3,(H2,25,27,29). The molecule has 0 bridgehead atoms. The first kappa shape index (κ1) is 23.4. The monoisotopic (exact) mass is 495 g/mol. The molecule has 0 aliphatic rings. The van der Waals surface area contributed by atoms with Crippen LogP contribution in [0.2, 0.25) is 0 Å². The number of hydrogen-bond acceptors (Lipinski definition) is 8. The first-order valence-corrected chi connectivity index (χ1v) is 11.7. The molecule has 0 aliphatic carbocycles. The largest absolute Gasteiger partial charge is 0.493 e. The third-order valence-corrected chi connectivity index (χ3v) is 6.61. The summed E-state index contributed by atoms with van der Waals surface area (Å²) < 4.78 is 19.4. The molecule has 0 unspecified atom stereocenters. The lowest BCUT2D eigenvalue weighted by Gasteiger charge is -2.13. The van der Waals surface area contributed by atoms with Crippen LogP contribution in [0.1, 0.15) is 10.4 Å². The fourth-order valence-corrected chi connectivity index (χ4v) is 4.64. The number of methoxy groups -OCH3 is 3. The van der Waals surface area contributed by atoms with Crippen LogP contribution >= 0.6 is 23.3 Å². The van der Waals surface area contributed by atoms with Crippen molar-refractivity contribution in [2.24, 2.45) is 0 Å². The van der Waals surface area contributed by atoms with E-state index in [0.717, 1.165) is 20.8 Å². The van der Waals surface area contributed by atoms with Gasteiger partial charge in [-0.3, -0.25) is 9.52 Å². The van der Waals surface area contributed by atoms with E-state index in [1.165, 1.54) is 33.5 Å². The van der Waals surface area contributed by atoms with Crippen molar-refractivity contribution in [3.63, 3.8) is 0 Å². The maximum atomic E-state index is 12.6. The van der Waals surface area contributed by atoms with Gasteiger partial charge in [-0.1, -0.05) is 12.1 Å². The number of hydrogen-bond donors (Lipinski definition) is 2. The van der Waals surface area contributed by atoms with E-state index in [9.17, 15) is 9.59 Å². The number of amides is 2. The van der Waals surface area contributed by atoms with Gasteiger partial charge in [-0.25, -0.2) is 9.78 Å². The molecule has 0 saturated carbocycles. The molecule has 0 spiro atoms. The number of ether oxygens (including phenoxy) is 3. The Labute approximate surface area is 204 Å². The highest BCUT2D eigenvalue weighted by Crippen LogP contribution is 2.39. The Morgan fingerprint density at radius 2 is 1.59 bits per heavy atom. The van der Waals surface area contributed by atoms with Crippen LogP contribution in [-0.2, 0) is 0 Å². The number of carbonyl (C=O) groups excluding carboxylic acids is 2. The Morgan fingerprint density at radius 1 is 0.912 bits per heavy atom. The highest BCUT2D eigenvalue weighted by molar-refractivity contribution is 8.12. The summed E-state index contributed by atoms with van der Waals surface area (Å²) in [6.45, 7) is 0. The lowest BCUT2D eigenvalue weighted by molar-refractivity contribution is 0.108. The summed E-state index contributed by atoms with van der Waals surface area (Å²) in [7, 11) is 4.41. The molecule has 10 heteroatoms. The van der Waals surface area contributed by atoms with Crippen LogP contribution in [0.3, 0.4) is 0 Å². The van der Waals surface area contributed by atoms with Crippen molar-refractivity contribution in [3.8, 4) is 27.8 Å². The fraction of sp³-hybridized carbons (Fsp3) is 0.125. The van der Waals surface area contributed by atoms with Gasteiger partial charge in [0.25, 0.3) is 0 Å². The van der Waals surface area contributed by atoms with Gasteiger partial charge < -0.3 is 19.5 Å². The Balaban J connectivity index is 1.37. The van der Waals surface area contributed by atoms with E-state index in [1.54, 1.807) is 23.5 Å². The van der Waals surface area contributed by atoms with Crippen molar-refractivity contribution in [2.75, 3.05) is 26.6 Å². The zero-order chi connectivity index (χ0) is 24.1. The molecule has 174 valence electrons. The molecule has 0 aliphatic heterocycles. The Morgan fingerprint density at radius 3 is 2.21 bits per heavy atom. The van der Waals surface area contributed by atoms with Gasteiger partial charge in [0.2, 0.25) is 10.9 Å². The molecule has 4 aromatic rings. The van der Waals surface area contributed by atoms with Gasteiger partial charge in [0, 0.05) is 28.8 Å². The number of nitrogens with zero attached hydrogens (tertiary/aromatic N) is 1. The van der Waals surface area contributed by atoms with E-state index in [2.05, 4.69) is 15.0 Å². The molecule has 4 rings (SSSR count). The zero-order valence-electron chi connectivity index (χ0n) is 18.6. The van der Waals surface area contributed by atoms with Gasteiger partial charge in [0.05, 0.1) is 31.5 Å². The molecule has 34 heavy (non-hydrogen) atoms. The topological polar surface area (TPSA) is 98.8 Å². The second kappa shape index (κ2) is 10.4. The number of fused-ring (bicyclic) bond motifs is 1. The number of urea groups is 1. The number of para-hydroxylation sites is 1. The third-order valence-electron chi connectivity index (χ3n) is 4.82. The van der Waals surface area contributed by atoms with E-state index in [1.807, 2.05) is 36.4 Å².